The average Bonchev–Trinajstić information content (AvgIpc) is 3.22. The van der Waals surface area contributed by atoms with Crippen molar-refractivity contribution in [2.75, 3.05) is 19.6 Å². The maximum absolute atomic E-state index is 13.4. The van der Waals surface area contributed by atoms with E-state index in [1.807, 2.05) is 6.20 Å². The van der Waals surface area contributed by atoms with Crippen molar-refractivity contribution in [2.24, 2.45) is 0 Å². The summed E-state index contributed by atoms with van der Waals surface area (Å²) in [6.07, 6.45) is 9.38. The zero-order valence-corrected chi connectivity index (χ0v) is 14.5. The van der Waals surface area contributed by atoms with E-state index in [9.17, 15) is 4.39 Å². The maximum atomic E-state index is 13.4. The van der Waals surface area contributed by atoms with Gasteiger partial charge in [-0.1, -0.05) is 29.8 Å². The molecule has 2 aromatic rings. The number of allylic oxidation sites excluding steroid dienone is 1. The van der Waals surface area contributed by atoms with E-state index in [0.717, 1.165) is 44.5 Å². The second-order valence-electron chi connectivity index (χ2n) is 7.05. The highest BCUT2D eigenvalue weighted by Gasteiger charge is 2.24. The Morgan fingerprint density at radius 3 is 2.84 bits per heavy atom. The number of halogens is 1. The number of hydrogen-bond donors (Lipinski definition) is 0. The topological polar surface area (TPSA) is 29.0 Å². The summed E-state index contributed by atoms with van der Waals surface area (Å²) in [7, 11) is 0. The third-order valence-corrected chi connectivity index (χ3v) is 5.37. The molecule has 0 amide bonds. The fraction of sp³-hybridized carbons (Fsp3) is 0.429. The molecule has 0 bridgehead atoms. The van der Waals surface area contributed by atoms with Crippen LogP contribution in [0.3, 0.4) is 0 Å². The Balaban J connectivity index is 1.48. The van der Waals surface area contributed by atoms with Gasteiger partial charge in [0.25, 0.3) is 0 Å². The van der Waals surface area contributed by atoms with E-state index in [4.69, 9.17) is 0 Å². The summed E-state index contributed by atoms with van der Waals surface area (Å²) in [6.45, 7) is 2.48. The van der Waals surface area contributed by atoms with Crippen LogP contribution in [0.2, 0.25) is 0 Å². The van der Waals surface area contributed by atoms with Crippen LogP contribution in [0.15, 0.2) is 48.4 Å². The van der Waals surface area contributed by atoms with Gasteiger partial charge in [0.1, 0.15) is 6.17 Å². The maximum Gasteiger partial charge on any atom is 0.114 e. The molecule has 3 nitrogen and oxygen atoms in total. The van der Waals surface area contributed by atoms with Gasteiger partial charge in [-0.3, -0.25) is 9.97 Å². The summed E-state index contributed by atoms with van der Waals surface area (Å²) in [5, 5.41) is 0. The summed E-state index contributed by atoms with van der Waals surface area (Å²) < 4.78 is 13.4. The third-order valence-electron chi connectivity index (χ3n) is 5.37. The van der Waals surface area contributed by atoms with Crippen molar-refractivity contribution < 1.29 is 4.39 Å². The van der Waals surface area contributed by atoms with Gasteiger partial charge in [-0.15, -0.1) is 0 Å². The van der Waals surface area contributed by atoms with Crippen LogP contribution in [0.5, 0.6) is 0 Å². The quantitative estimate of drug-likeness (QED) is 0.802. The second-order valence-corrected chi connectivity index (χ2v) is 7.05. The highest BCUT2D eigenvalue weighted by Crippen LogP contribution is 2.37. The number of likely N-dealkylation sites (tertiary alicyclic amines) is 1. The van der Waals surface area contributed by atoms with Gasteiger partial charge in [-0.25, -0.2) is 4.39 Å². The van der Waals surface area contributed by atoms with Crippen LogP contribution in [0.4, 0.5) is 4.39 Å². The number of benzene rings is 1. The monoisotopic (exact) mass is 337 g/mol. The van der Waals surface area contributed by atoms with Crippen molar-refractivity contribution in [3.05, 3.63) is 65.2 Å². The zero-order valence-electron chi connectivity index (χ0n) is 14.5. The van der Waals surface area contributed by atoms with E-state index in [1.165, 1.54) is 22.3 Å². The smallest absolute Gasteiger partial charge is 0.114 e. The Morgan fingerprint density at radius 2 is 2.04 bits per heavy atom. The van der Waals surface area contributed by atoms with E-state index < -0.39 is 6.17 Å². The van der Waals surface area contributed by atoms with Crippen LogP contribution in [0, 0.1) is 0 Å². The Morgan fingerprint density at radius 1 is 1.12 bits per heavy atom. The summed E-state index contributed by atoms with van der Waals surface area (Å²) in [4.78, 5) is 10.8. The summed E-state index contributed by atoms with van der Waals surface area (Å²) in [6, 6.07) is 8.72. The largest absolute Gasteiger partial charge is 0.300 e. The van der Waals surface area contributed by atoms with E-state index in [0.29, 0.717) is 13.0 Å². The molecule has 0 spiro atoms. The predicted molar refractivity (Wildman–Crippen MR) is 98.0 cm³/mol. The van der Waals surface area contributed by atoms with E-state index in [2.05, 4.69) is 39.1 Å². The van der Waals surface area contributed by atoms with Gasteiger partial charge in [0.05, 0.1) is 5.69 Å². The lowest BCUT2D eigenvalue weighted by Gasteiger charge is -2.16. The normalized spacial score (nSPS) is 20.3. The highest BCUT2D eigenvalue weighted by molar-refractivity contribution is 5.76. The van der Waals surface area contributed by atoms with Crippen molar-refractivity contribution in [1.29, 1.82) is 0 Å². The first-order valence-corrected chi connectivity index (χ1v) is 9.20. The Labute approximate surface area is 148 Å². The number of hydrogen-bond acceptors (Lipinski definition) is 3. The van der Waals surface area contributed by atoms with Gasteiger partial charge in [0, 0.05) is 38.2 Å². The average molecular weight is 337 g/mol. The summed E-state index contributed by atoms with van der Waals surface area (Å²) in [5.74, 6) is 0. The fourth-order valence-corrected chi connectivity index (χ4v) is 4.04. The highest BCUT2D eigenvalue weighted by atomic mass is 19.1. The Bertz CT molecular complexity index is 757. The zero-order chi connectivity index (χ0) is 17.1. The summed E-state index contributed by atoms with van der Waals surface area (Å²) >= 11 is 0. The van der Waals surface area contributed by atoms with Crippen LogP contribution >= 0.6 is 0 Å². The lowest BCUT2D eigenvalue weighted by Crippen LogP contribution is -2.22. The molecular formula is C21H24FN3. The molecule has 1 aromatic carbocycles. The number of nitrogens with zero attached hydrogens (tertiary/aromatic N) is 3. The Kier molecular flexibility index (Phi) is 4.88. The first-order chi connectivity index (χ1) is 12.3. The Hall–Kier alpha value is -2.07. The molecule has 4 rings (SSSR count). The number of aromatic nitrogens is 2. The van der Waals surface area contributed by atoms with Crippen molar-refractivity contribution >= 4 is 5.57 Å². The molecule has 130 valence electrons. The first kappa shape index (κ1) is 16.4. The molecule has 4 heteroatoms. The molecule has 0 N–H and O–H groups in total. The standard InChI is InChI=1S/C21H24FN3/c22-18-8-12-25(15-18)11-7-17-13-16-3-1-2-4-20(16)21(17)6-5-19-14-23-9-10-24-19/h1-4,9-10,14,18H,5-8,11-13,15H2. The van der Waals surface area contributed by atoms with Crippen LogP contribution in [0.25, 0.3) is 5.57 Å². The van der Waals surface area contributed by atoms with Gasteiger partial charge < -0.3 is 4.90 Å². The molecule has 0 radical (unpaired) electrons. The lowest BCUT2D eigenvalue weighted by atomic mass is 9.98. The van der Waals surface area contributed by atoms with Crippen molar-refractivity contribution in [3.63, 3.8) is 0 Å². The fourth-order valence-electron chi connectivity index (χ4n) is 4.04. The predicted octanol–water partition coefficient (Wildman–Crippen LogP) is 3.85. The SMILES string of the molecule is FC1CCN(CCC2=C(CCc3cnccn3)c3ccccc3C2)C1. The van der Waals surface area contributed by atoms with Gasteiger partial charge in [0.2, 0.25) is 0 Å². The minimum atomic E-state index is -0.633. The minimum absolute atomic E-state index is 0.606. The molecule has 1 unspecified atom stereocenters. The van der Waals surface area contributed by atoms with Crippen LogP contribution in [-0.2, 0) is 12.8 Å². The number of aryl methyl sites for hydroxylation is 1. The number of fused-ring (bicyclic) bond motifs is 1. The van der Waals surface area contributed by atoms with Gasteiger partial charge >= 0.3 is 0 Å². The molecule has 1 aliphatic carbocycles. The molecule has 2 aliphatic rings. The number of alkyl halides is 1. The molecule has 25 heavy (non-hydrogen) atoms. The van der Waals surface area contributed by atoms with E-state index >= 15 is 0 Å². The third kappa shape index (κ3) is 3.79. The molecular weight excluding hydrogens is 313 g/mol. The molecule has 1 aromatic heterocycles. The van der Waals surface area contributed by atoms with E-state index in [1.54, 1.807) is 12.4 Å². The molecule has 0 saturated carbocycles. The second kappa shape index (κ2) is 7.44. The molecule has 2 heterocycles. The minimum Gasteiger partial charge on any atom is -0.300 e. The first-order valence-electron chi connectivity index (χ1n) is 9.20. The van der Waals surface area contributed by atoms with Crippen LogP contribution < -0.4 is 0 Å². The summed E-state index contributed by atoms with van der Waals surface area (Å²) in [5.41, 5.74) is 6.85. The van der Waals surface area contributed by atoms with Gasteiger partial charge in [0.15, 0.2) is 0 Å². The number of rotatable bonds is 6. The van der Waals surface area contributed by atoms with Crippen molar-refractivity contribution in [3.8, 4) is 0 Å². The van der Waals surface area contributed by atoms with Crippen LogP contribution in [-0.4, -0.2) is 40.7 Å². The van der Waals surface area contributed by atoms with Crippen molar-refractivity contribution in [2.45, 2.75) is 38.3 Å². The molecule has 1 atom stereocenters. The molecule has 1 saturated heterocycles. The van der Waals surface area contributed by atoms with Crippen LogP contribution in [0.1, 0.15) is 36.1 Å². The molecule has 1 aliphatic heterocycles. The lowest BCUT2D eigenvalue weighted by molar-refractivity contribution is 0.290. The molecule has 1 fully saturated rings. The van der Waals surface area contributed by atoms with Crippen molar-refractivity contribution in [1.82, 2.24) is 14.9 Å². The van der Waals surface area contributed by atoms with Gasteiger partial charge in [-0.05, 0) is 48.8 Å². The van der Waals surface area contributed by atoms with E-state index in [-0.39, 0.29) is 0 Å². The van der Waals surface area contributed by atoms with Gasteiger partial charge in [-0.2, -0.15) is 0 Å².